The summed E-state index contributed by atoms with van der Waals surface area (Å²) in [7, 11) is 0. The van der Waals surface area contributed by atoms with Crippen molar-refractivity contribution in [1.82, 2.24) is 4.90 Å². The first kappa shape index (κ1) is 13.5. The van der Waals surface area contributed by atoms with Crippen molar-refractivity contribution < 1.29 is 4.79 Å². The molecule has 1 saturated heterocycles. The van der Waals surface area contributed by atoms with E-state index in [0.29, 0.717) is 5.91 Å². The minimum atomic E-state index is 0.110. The van der Waals surface area contributed by atoms with Gasteiger partial charge in [-0.05, 0) is 43.2 Å². The van der Waals surface area contributed by atoms with Gasteiger partial charge < -0.3 is 10.2 Å². The van der Waals surface area contributed by atoms with Crippen LogP contribution in [0.3, 0.4) is 0 Å². The molecule has 2 atom stereocenters. The Hall–Kier alpha value is -1.51. The van der Waals surface area contributed by atoms with Crippen molar-refractivity contribution >= 4 is 11.6 Å². The quantitative estimate of drug-likeness (QED) is 0.852. The molecule has 0 radical (unpaired) electrons. The smallest absolute Gasteiger partial charge is 0.227 e. The molecule has 20 heavy (non-hydrogen) atoms. The first-order valence-electron chi connectivity index (χ1n) is 7.84. The zero-order valence-corrected chi connectivity index (χ0v) is 12.3. The SMILES string of the molecule is CC1CCCN(C(=O)C2CNc3ccccc3C2)CC1. The average molecular weight is 272 g/mol. The number of carbonyl (C=O) groups excluding carboxylic acids is 1. The predicted octanol–water partition coefficient (Wildman–Crippen LogP) is 2.92. The van der Waals surface area contributed by atoms with Crippen LogP contribution in [0.1, 0.15) is 31.7 Å². The molecule has 108 valence electrons. The summed E-state index contributed by atoms with van der Waals surface area (Å²) in [6.07, 6.45) is 4.45. The molecule has 1 N–H and O–H groups in total. The van der Waals surface area contributed by atoms with Gasteiger partial charge in [0, 0.05) is 25.3 Å². The molecule has 1 aromatic carbocycles. The summed E-state index contributed by atoms with van der Waals surface area (Å²) in [6, 6.07) is 8.33. The van der Waals surface area contributed by atoms with Gasteiger partial charge in [0.25, 0.3) is 0 Å². The van der Waals surface area contributed by atoms with E-state index in [9.17, 15) is 4.79 Å². The van der Waals surface area contributed by atoms with E-state index < -0.39 is 0 Å². The van der Waals surface area contributed by atoms with Gasteiger partial charge in [-0.1, -0.05) is 25.1 Å². The number of benzene rings is 1. The largest absolute Gasteiger partial charge is 0.384 e. The van der Waals surface area contributed by atoms with E-state index >= 15 is 0 Å². The monoisotopic (exact) mass is 272 g/mol. The first-order valence-corrected chi connectivity index (χ1v) is 7.84. The Bertz CT molecular complexity index is 486. The van der Waals surface area contributed by atoms with Crippen molar-refractivity contribution in [3.63, 3.8) is 0 Å². The minimum absolute atomic E-state index is 0.110. The molecule has 0 saturated carbocycles. The third-order valence-corrected chi connectivity index (χ3v) is 4.70. The highest BCUT2D eigenvalue weighted by Crippen LogP contribution is 2.26. The molecular weight excluding hydrogens is 248 g/mol. The van der Waals surface area contributed by atoms with Gasteiger partial charge in [0.1, 0.15) is 0 Å². The number of nitrogens with zero attached hydrogens (tertiary/aromatic N) is 1. The number of nitrogens with one attached hydrogen (secondary N) is 1. The summed E-state index contributed by atoms with van der Waals surface area (Å²) in [5.41, 5.74) is 2.47. The molecule has 0 aliphatic carbocycles. The van der Waals surface area contributed by atoms with Crippen LogP contribution in [-0.4, -0.2) is 30.4 Å². The molecule has 2 heterocycles. The van der Waals surface area contributed by atoms with Crippen LogP contribution < -0.4 is 5.32 Å². The summed E-state index contributed by atoms with van der Waals surface area (Å²) >= 11 is 0. The topological polar surface area (TPSA) is 32.3 Å². The molecule has 3 rings (SSSR count). The van der Waals surface area contributed by atoms with Gasteiger partial charge in [-0.2, -0.15) is 0 Å². The van der Waals surface area contributed by atoms with E-state index in [4.69, 9.17) is 0 Å². The Balaban J connectivity index is 1.66. The van der Waals surface area contributed by atoms with E-state index in [0.717, 1.165) is 44.8 Å². The lowest BCUT2D eigenvalue weighted by atomic mass is 9.93. The van der Waals surface area contributed by atoms with Crippen molar-refractivity contribution in [2.45, 2.75) is 32.6 Å². The fourth-order valence-corrected chi connectivity index (χ4v) is 3.36. The molecule has 0 spiro atoms. The lowest BCUT2D eigenvalue weighted by Gasteiger charge is -2.30. The van der Waals surface area contributed by atoms with Gasteiger partial charge in [0.05, 0.1) is 5.92 Å². The highest BCUT2D eigenvalue weighted by molar-refractivity contribution is 5.81. The van der Waals surface area contributed by atoms with Crippen LogP contribution in [0.4, 0.5) is 5.69 Å². The van der Waals surface area contributed by atoms with Gasteiger partial charge in [-0.25, -0.2) is 0 Å². The van der Waals surface area contributed by atoms with Crippen LogP contribution in [0, 0.1) is 11.8 Å². The molecule has 1 amide bonds. The molecule has 2 unspecified atom stereocenters. The normalized spacial score (nSPS) is 26.4. The number of anilines is 1. The van der Waals surface area contributed by atoms with Crippen LogP contribution in [0.15, 0.2) is 24.3 Å². The van der Waals surface area contributed by atoms with E-state index in [1.54, 1.807) is 0 Å². The Labute approximate surface area is 121 Å². The third kappa shape index (κ3) is 2.82. The Morgan fingerprint density at radius 3 is 3.00 bits per heavy atom. The van der Waals surface area contributed by atoms with E-state index in [-0.39, 0.29) is 5.92 Å². The number of likely N-dealkylation sites (tertiary alicyclic amines) is 1. The van der Waals surface area contributed by atoms with Gasteiger partial charge in [-0.15, -0.1) is 0 Å². The second-order valence-electron chi connectivity index (χ2n) is 6.30. The predicted molar refractivity (Wildman–Crippen MR) is 81.7 cm³/mol. The van der Waals surface area contributed by atoms with Crippen LogP contribution in [-0.2, 0) is 11.2 Å². The van der Waals surface area contributed by atoms with Gasteiger partial charge in [0.15, 0.2) is 0 Å². The molecule has 3 nitrogen and oxygen atoms in total. The highest BCUT2D eigenvalue weighted by atomic mass is 16.2. The average Bonchev–Trinajstić information content (AvgIpc) is 2.71. The molecule has 0 bridgehead atoms. The molecule has 3 heteroatoms. The summed E-state index contributed by atoms with van der Waals surface area (Å²) in [4.78, 5) is 14.8. The van der Waals surface area contributed by atoms with Gasteiger partial charge in [0.2, 0.25) is 5.91 Å². The number of fused-ring (bicyclic) bond motifs is 1. The number of amides is 1. The van der Waals surface area contributed by atoms with E-state index in [2.05, 4.69) is 35.3 Å². The number of para-hydroxylation sites is 1. The first-order chi connectivity index (χ1) is 9.74. The third-order valence-electron chi connectivity index (χ3n) is 4.70. The van der Waals surface area contributed by atoms with Crippen LogP contribution in [0.2, 0.25) is 0 Å². The van der Waals surface area contributed by atoms with Crippen LogP contribution >= 0.6 is 0 Å². The Morgan fingerprint density at radius 2 is 2.10 bits per heavy atom. The Kier molecular flexibility index (Phi) is 3.95. The summed E-state index contributed by atoms with van der Waals surface area (Å²) in [6.45, 7) is 4.97. The fraction of sp³-hybridized carbons (Fsp3) is 0.588. The van der Waals surface area contributed by atoms with Crippen molar-refractivity contribution in [2.75, 3.05) is 25.0 Å². The van der Waals surface area contributed by atoms with Crippen molar-refractivity contribution in [1.29, 1.82) is 0 Å². The zero-order chi connectivity index (χ0) is 13.9. The zero-order valence-electron chi connectivity index (χ0n) is 12.3. The lowest BCUT2D eigenvalue weighted by molar-refractivity contribution is -0.135. The highest BCUT2D eigenvalue weighted by Gasteiger charge is 2.29. The van der Waals surface area contributed by atoms with Crippen LogP contribution in [0.25, 0.3) is 0 Å². The maximum Gasteiger partial charge on any atom is 0.227 e. The second-order valence-corrected chi connectivity index (χ2v) is 6.30. The maximum atomic E-state index is 12.7. The van der Waals surface area contributed by atoms with Crippen molar-refractivity contribution in [3.05, 3.63) is 29.8 Å². The minimum Gasteiger partial charge on any atom is -0.384 e. The molecule has 1 aromatic rings. The van der Waals surface area contributed by atoms with Crippen molar-refractivity contribution in [3.8, 4) is 0 Å². The van der Waals surface area contributed by atoms with Gasteiger partial charge in [-0.3, -0.25) is 4.79 Å². The van der Waals surface area contributed by atoms with Crippen LogP contribution in [0.5, 0.6) is 0 Å². The summed E-state index contributed by atoms with van der Waals surface area (Å²) in [5.74, 6) is 1.22. The molecule has 1 fully saturated rings. The summed E-state index contributed by atoms with van der Waals surface area (Å²) < 4.78 is 0. The lowest BCUT2D eigenvalue weighted by Crippen LogP contribution is -2.41. The number of rotatable bonds is 1. The molecule has 2 aliphatic heterocycles. The fourth-order valence-electron chi connectivity index (χ4n) is 3.36. The second kappa shape index (κ2) is 5.86. The molecule has 2 aliphatic rings. The van der Waals surface area contributed by atoms with E-state index in [1.807, 2.05) is 6.07 Å². The Morgan fingerprint density at radius 1 is 1.25 bits per heavy atom. The standard InChI is InChI=1S/C17H24N2O/c1-13-5-4-9-19(10-8-13)17(20)15-11-14-6-2-3-7-16(14)18-12-15/h2-3,6-7,13,15,18H,4-5,8-12H2,1H3. The maximum absolute atomic E-state index is 12.7. The molecule has 0 aromatic heterocycles. The van der Waals surface area contributed by atoms with Gasteiger partial charge >= 0.3 is 0 Å². The van der Waals surface area contributed by atoms with Crippen molar-refractivity contribution in [2.24, 2.45) is 11.8 Å². The number of carbonyl (C=O) groups is 1. The van der Waals surface area contributed by atoms with E-state index in [1.165, 1.54) is 17.7 Å². The summed E-state index contributed by atoms with van der Waals surface area (Å²) in [5, 5.41) is 3.41. The molecular formula is C17H24N2O. The number of hydrogen-bond donors (Lipinski definition) is 1. The number of hydrogen-bond acceptors (Lipinski definition) is 2.